The number of hydrogen-bond acceptors (Lipinski definition) is 1. The second-order valence-electron chi connectivity index (χ2n) is 5.58. The SMILES string of the molecule is CCC(CC)CNC(=O)/C=C/c1ccc(C(C)C)cc1. The predicted molar refractivity (Wildman–Crippen MR) is 86.6 cm³/mol. The van der Waals surface area contributed by atoms with Crippen molar-refractivity contribution < 1.29 is 4.79 Å². The summed E-state index contributed by atoms with van der Waals surface area (Å²) in [6.07, 6.45) is 5.70. The number of hydrogen-bond donors (Lipinski definition) is 1. The average Bonchev–Trinajstić information content (AvgIpc) is 2.46. The molecule has 0 spiro atoms. The molecule has 0 aliphatic carbocycles. The van der Waals surface area contributed by atoms with Crippen molar-refractivity contribution in [3.05, 3.63) is 41.5 Å². The maximum atomic E-state index is 11.7. The van der Waals surface area contributed by atoms with E-state index in [1.807, 2.05) is 6.08 Å². The molecule has 0 heterocycles. The molecule has 0 bridgehead atoms. The monoisotopic (exact) mass is 273 g/mol. The van der Waals surface area contributed by atoms with Gasteiger partial charge in [0.1, 0.15) is 0 Å². The van der Waals surface area contributed by atoms with Crippen molar-refractivity contribution in [1.29, 1.82) is 0 Å². The molecule has 1 aromatic rings. The third-order valence-electron chi connectivity index (χ3n) is 3.75. The van der Waals surface area contributed by atoms with E-state index in [0.717, 1.165) is 24.9 Å². The highest BCUT2D eigenvalue weighted by atomic mass is 16.1. The third-order valence-corrected chi connectivity index (χ3v) is 3.75. The number of rotatable bonds is 7. The molecule has 1 rings (SSSR count). The standard InChI is InChI=1S/C18H27NO/c1-5-15(6-2)13-19-18(20)12-9-16-7-10-17(11-8-16)14(3)4/h7-12,14-15H,5-6,13H2,1-4H3,(H,19,20)/b12-9+. The lowest BCUT2D eigenvalue weighted by molar-refractivity contribution is -0.116. The summed E-state index contributed by atoms with van der Waals surface area (Å²) < 4.78 is 0. The molecule has 0 saturated carbocycles. The number of carbonyl (C=O) groups is 1. The zero-order valence-electron chi connectivity index (χ0n) is 13.1. The largest absolute Gasteiger partial charge is 0.352 e. The van der Waals surface area contributed by atoms with Crippen molar-refractivity contribution in [3.63, 3.8) is 0 Å². The maximum Gasteiger partial charge on any atom is 0.244 e. The first kappa shape index (κ1) is 16.5. The molecule has 0 radical (unpaired) electrons. The Morgan fingerprint density at radius 1 is 1.15 bits per heavy atom. The van der Waals surface area contributed by atoms with Crippen molar-refractivity contribution in [3.8, 4) is 0 Å². The van der Waals surface area contributed by atoms with E-state index in [4.69, 9.17) is 0 Å². The Hall–Kier alpha value is -1.57. The summed E-state index contributed by atoms with van der Waals surface area (Å²) in [5, 5.41) is 2.96. The van der Waals surface area contributed by atoms with Crippen LogP contribution in [0, 0.1) is 5.92 Å². The van der Waals surface area contributed by atoms with E-state index in [-0.39, 0.29) is 5.91 Å². The molecule has 20 heavy (non-hydrogen) atoms. The quantitative estimate of drug-likeness (QED) is 0.734. The molecule has 1 aromatic carbocycles. The van der Waals surface area contributed by atoms with Crippen LogP contribution in [0.2, 0.25) is 0 Å². The number of carbonyl (C=O) groups excluding carboxylic acids is 1. The topological polar surface area (TPSA) is 29.1 Å². The van der Waals surface area contributed by atoms with Crippen LogP contribution in [0.5, 0.6) is 0 Å². The van der Waals surface area contributed by atoms with E-state index in [9.17, 15) is 4.79 Å². The van der Waals surface area contributed by atoms with Gasteiger partial charge in [0, 0.05) is 12.6 Å². The lowest BCUT2D eigenvalue weighted by Gasteiger charge is -2.11. The third kappa shape index (κ3) is 5.60. The van der Waals surface area contributed by atoms with E-state index in [1.165, 1.54) is 5.56 Å². The van der Waals surface area contributed by atoms with Crippen molar-refractivity contribution in [1.82, 2.24) is 5.32 Å². The van der Waals surface area contributed by atoms with Gasteiger partial charge < -0.3 is 5.32 Å². The maximum absolute atomic E-state index is 11.7. The molecule has 0 unspecified atom stereocenters. The fourth-order valence-corrected chi connectivity index (χ4v) is 2.05. The Morgan fingerprint density at radius 2 is 1.75 bits per heavy atom. The molecule has 0 aliphatic rings. The second-order valence-corrected chi connectivity index (χ2v) is 5.58. The van der Waals surface area contributed by atoms with Crippen LogP contribution in [-0.4, -0.2) is 12.5 Å². The van der Waals surface area contributed by atoms with Crippen LogP contribution in [-0.2, 0) is 4.79 Å². The highest BCUT2D eigenvalue weighted by Gasteiger charge is 2.04. The van der Waals surface area contributed by atoms with Gasteiger partial charge in [0.05, 0.1) is 0 Å². The van der Waals surface area contributed by atoms with Gasteiger partial charge in [0.15, 0.2) is 0 Å². The number of nitrogens with one attached hydrogen (secondary N) is 1. The van der Waals surface area contributed by atoms with Crippen molar-refractivity contribution >= 4 is 12.0 Å². The van der Waals surface area contributed by atoms with Crippen LogP contribution >= 0.6 is 0 Å². The highest BCUT2D eigenvalue weighted by Crippen LogP contribution is 2.15. The van der Waals surface area contributed by atoms with E-state index >= 15 is 0 Å². The fraction of sp³-hybridized carbons (Fsp3) is 0.500. The Labute approximate surface area is 123 Å². The lowest BCUT2D eigenvalue weighted by atomic mass is 10.0. The second kappa shape index (κ2) is 8.57. The summed E-state index contributed by atoms with van der Waals surface area (Å²) >= 11 is 0. The molecule has 0 aromatic heterocycles. The molecular formula is C18H27NO. The molecule has 2 heteroatoms. The summed E-state index contributed by atoms with van der Waals surface area (Å²) in [6.45, 7) is 9.44. The summed E-state index contributed by atoms with van der Waals surface area (Å²) in [4.78, 5) is 11.7. The molecule has 0 atom stereocenters. The van der Waals surface area contributed by atoms with E-state index in [0.29, 0.717) is 11.8 Å². The van der Waals surface area contributed by atoms with Crippen molar-refractivity contribution in [2.75, 3.05) is 6.54 Å². The Balaban J connectivity index is 2.48. The van der Waals surface area contributed by atoms with Crippen LogP contribution in [0.25, 0.3) is 6.08 Å². The predicted octanol–water partition coefficient (Wildman–Crippen LogP) is 4.38. The first-order valence-electron chi connectivity index (χ1n) is 7.62. The van der Waals surface area contributed by atoms with Gasteiger partial charge in [-0.3, -0.25) is 4.79 Å². The van der Waals surface area contributed by atoms with Crippen LogP contribution in [0.3, 0.4) is 0 Å². The molecule has 110 valence electrons. The van der Waals surface area contributed by atoms with Crippen LogP contribution in [0.15, 0.2) is 30.3 Å². The highest BCUT2D eigenvalue weighted by molar-refractivity contribution is 5.91. The minimum Gasteiger partial charge on any atom is -0.352 e. The van der Waals surface area contributed by atoms with Gasteiger partial charge in [-0.15, -0.1) is 0 Å². The Morgan fingerprint density at radius 3 is 2.25 bits per heavy atom. The molecule has 0 saturated heterocycles. The molecule has 1 amide bonds. The zero-order valence-corrected chi connectivity index (χ0v) is 13.1. The summed E-state index contributed by atoms with van der Waals surface area (Å²) in [5.41, 5.74) is 2.38. The van der Waals surface area contributed by atoms with Gasteiger partial charge >= 0.3 is 0 Å². The first-order chi connectivity index (χ1) is 9.56. The van der Waals surface area contributed by atoms with Gasteiger partial charge in [-0.25, -0.2) is 0 Å². The van der Waals surface area contributed by atoms with Gasteiger partial charge in [-0.1, -0.05) is 64.8 Å². The summed E-state index contributed by atoms with van der Waals surface area (Å²) in [5.74, 6) is 1.11. The van der Waals surface area contributed by atoms with Crippen LogP contribution in [0.4, 0.5) is 0 Å². The van der Waals surface area contributed by atoms with E-state index in [2.05, 4.69) is 57.3 Å². The van der Waals surface area contributed by atoms with E-state index < -0.39 is 0 Å². The normalized spacial score (nSPS) is 11.5. The van der Waals surface area contributed by atoms with Crippen molar-refractivity contribution in [2.45, 2.75) is 46.5 Å². The number of benzene rings is 1. The molecule has 2 nitrogen and oxygen atoms in total. The average molecular weight is 273 g/mol. The zero-order chi connectivity index (χ0) is 15.0. The smallest absolute Gasteiger partial charge is 0.244 e. The molecular weight excluding hydrogens is 246 g/mol. The minimum atomic E-state index is -0.00941. The summed E-state index contributed by atoms with van der Waals surface area (Å²) in [6, 6.07) is 8.35. The van der Waals surface area contributed by atoms with Gasteiger partial charge in [-0.2, -0.15) is 0 Å². The van der Waals surface area contributed by atoms with Crippen LogP contribution < -0.4 is 5.32 Å². The Bertz CT molecular complexity index is 427. The Kier molecular flexibility index (Phi) is 7.06. The van der Waals surface area contributed by atoms with Crippen LogP contribution in [0.1, 0.15) is 57.6 Å². The van der Waals surface area contributed by atoms with Crippen molar-refractivity contribution in [2.24, 2.45) is 5.92 Å². The number of amides is 1. The first-order valence-corrected chi connectivity index (χ1v) is 7.62. The fourth-order valence-electron chi connectivity index (χ4n) is 2.05. The minimum absolute atomic E-state index is 0.00941. The summed E-state index contributed by atoms with van der Waals surface area (Å²) in [7, 11) is 0. The van der Waals surface area contributed by atoms with E-state index in [1.54, 1.807) is 6.08 Å². The van der Waals surface area contributed by atoms with Gasteiger partial charge in [0.25, 0.3) is 0 Å². The molecule has 0 aliphatic heterocycles. The van der Waals surface area contributed by atoms with Gasteiger partial charge in [-0.05, 0) is 29.0 Å². The molecule has 1 N–H and O–H groups in total. The lowest BCUT2D eigenvalue weighted by Crippen LogP contribution is -2.27. The van der Waals surface area contributed by atoms with Gasteiger partial charge in [0.2, 0.25) is 5.91 Å². The molecule has 0 fully saturated rings.